The quantitative estimate of drug-likeness (QED) is 0.158. The zero-order valence-corrected chi connectivity index (χ0v) is 36.2. The maximum atomic E-state index is 14.8. The highest BCUT2D eigenvalue weighted by Gasteiger charge is 2.63. The van der Waals surface area contributed by atoms with Crippen LogP contribution in [0.15, 0.2) is 66.1 Å². The molecule has 4 aliphatic rings. The van der Waals surface area contributed by atoms with Crippen molar-refractivity contribution >= 4 is 50.1 Å². The monoisotopic (exact) mass is 856 g/mol. The van der Waals surface area contributed by atoms with Gasteiger partial charge in [-0.05, 0) is 81.2 Å². The van der Waals surface area contributed by atoms with Crippen LogP contribution in [0.3, 0.4) is 0 Å². The van der Waals surface area contributed by atoms with E-state index in [2.05, 4.69) is 23.9 Å². The van der Waals surface area contributed by atoms with Crippen LogP contribution in [-0.2, 0) is 26.2 Å². The highest BCUT2D eigenvalue weighted by Crippen LogP contribution is 2.48. The minimum Gasteiger partial charge on any atom is -0.497 e. The second kappa shape index (κ2) is 16.3. The van der Waals surface area contributed by atoms with Crippen molar-refractivity contribution in [2.45, 2.75) is 101 Å². The second-order valence-corrected chi connectivity index (χ2v) is 20.0. The summed E-state index contributed by atoms with van der Waals surface area (Å²) >= 11 is 1.50. The van der Waals surface area contributed by atoms with Crippen molar-refractivity contribution in [2.24, 2.45) is 5.92 Å². The molecule has 318 valence electrons. The largest absolute Gasteiger partial charge is 0.497 e. The molecule has 4 heterocycles. The van der Waals surface area contributed by atoms with Crippen LogP contribution >= 0.6 is 11.3 Å². The van der Waals surface area contributed by atoms with E-state index in [1.165, 1.54) is 11.3 Å². The molecule has 4 aromatic rings. The van der Waals surface area contributed by atoms with Gasteiger partial charge in [-0.2, -0.15) is 0 Å². The number of hydrogen-bond donors (Lipinski definition) is 2. The Hall–Kier alpha value is -5.22. The average molecular weight is 857 g/mol. The van der Waals surface area contributed by atoms with Crippen LogP contribution in [0.5, 0.6) is 17.2 Å². The summed E-state index contributed by atoms with van der Waals surface area (Å²) in [6.45, 7) is 6.61. The first-order valence-electron chi connectivity index (χ1n) is 20.6. The van der Waals surface area contributed by atoms with E-state index in [1.807, 2.05) is 66.1 Å². The number of amides is 4. The van der Waals surface area contributed by atoms with Crippen LogP contribution < -0.4 is 24.2 Å². The minimum absolute atomic E-state index is 0.0787. The number of nitrogens with one attached hydrogen (secondary N) is 2. The molecule has 0 radical (unpaired) electrons. The van der Waals surface area contributed by atoms with Gasteiger partial charge in [0.05, 0.1) is 36.7 Å². The molecule has 2 aromatic heterocycles. The zero-order valence-electron chi connectivity index (χ0n) is 34.6. The molecule has 4 unspecified atom stereocenters. The number of fused-ring (bicyclic) bond motifs is 3. The molecule has 2 N–H and O–H groups in total. The molecule has 0 spiro atoms. The lowest BCUT2D eigenvalue weighted by molar-refractivity contribution is -0.131. The number of methoxy groups -OCH3 is 2. The summed E-state index contributed by atoms with van der Waals surface area (Å²) in [6.07, 6.45) is 6.69. The summed E-state index contributed by atoms with van der Waals surface area (Å²) in [6, 6.07) is 13.6. The van der Waals surface area contributed by atoms with Crippen LogP contribution in [0.1, 0.15) is 82.9 Å². The molecule has 4 amide bonds. The standard InChI is InChI=1S/C44H52N6O8S2/c1-27(2)36-26-59-40(46-36)35-22-38(33-16-15-31(57-5)20-34(33)45-35)58-32-21-37-39(51)47-44(41(52)48-60(54,55)43(3)17-18-43)23-29(44)10-8-6-7-9-19-49(42(53)50(37)25-32)24-28-11-13-30(56-4)14-12-28/h8,10-16,20,22,26-27,29,32,37H,6-7,9,17-19,21,23-25H2,1-5H3,(H,47,51)(H,48,52)/b10-8+. The summed E-state index contributed by atoms with van der Waals surface area (Å²) in [7, 11) is -0.783. The Morgan fingerprint density at radius 2 is 1.78 bits per heavy atom. The molecule has 4 atom stereocenters. The zero-order chi connectivity index (χ0) is 42.4. The average Bonchev–Trinajstić information content (AvgIpc) is 4.00. The molecule has 2 saturated carbocycles. The number of hydrogen-bond acceptors (Lipinski definition) is 11. The molecule has 60 heavy (non-hydrogen) atoms. The Labute approximate surface area is 354 Å². The third-order valence-electron chi connectivity index (χ3n) is 12.2. The number of ether oxygens (including phenoxy) is 3. The van der Waals surface area contributed by atoms with Crippen LogP contribution in [0.4, 0.5) is 4.79 Å². The van der Waals surface area contributed by atoms with Gasteiger partial charge >= 0.3 is 6.03 Å². The van der Waals surface area contributed by atoms with Crippen molar-refractivity contribution in [1.29, 1.82) is 0 Å². The molecule has 8 rings (SSSR count). The molecule has 3 fully saturated rings. The number of pyridine rings is 1. The number of nitrogens with zero attached hydrogens (tertiary/aromatic N) is 4. The summed E-state index contributed by atoms with van der Waals surface area (Å²) in [4.78, 5) is 56.6. The van der Waals surface area contributed by atoms with E-state index in [0.717, 1.165) is 28.1 Å². The third kappa shape index (κ3) is 8.27. The molecule has 0 bridgehead atoms. The molecular weight excluding hydrogens is 805 g/mol. The Morgan fingerprint density at radius 3 is 2.48 bits per heavy atom. The number of urea groups is 1. The Balaban J connectivity index is 1.14. The summed E-state index contributed by atoms with van der Waals surface area (Å²) in [5, 5.41) is 6.45. The van der Waals surface area contributed by atoms with Crippen molar-refractivity contribution in [2.75, 3.05) is 27.3 Å². The smallest absolute Gasteiger partial charge is 0.321 e. The van der Waals surface area contributed by atoms with Crippen molar-refractivity contribution in [3.8, 4) is 28.0 Å². The predicted molar refractivity (Wildman–Crippen MR) is 228 cm³/mol. The van der Waals surface area contributed by atoms with E-state index in [-0.39, 0.29) is 31.3 Å². The number of allylic oxidation sites excluding steroid dienone is 1. The van der Waals surface area contributed by atoms with E-state index in [1.54, 1.807) is 30.9 Å². The van der Waals surface area contributed by atoms with Gasteiger partial charge in [-0.3, -0.25) is 14.3 Å². The van der Waals surface area contributed by atoms with Gasteiger partial charge in [0.1, 0.15) is 45.6 Å². The SMILES string of the molecule is COc1ccc(CN2CCCC/C=C/C3CC3(C(=O)NS(=O)(=O)C3(C)CC3)NC(=O)C3CC(Oc4cc(-c5nc(C(C)C)cs5)nc5cc(OC)ccc45)CN3C2=O)cc1. The molecule has 1 saturated heterocycles. The second-order valence-electron chi connectivity index (χ2n) is 16.9. The van der Waals surface area contributed by atoms with Gasteiger partial charge in [0.2, 0.25) is 15.9 Å². The molecule has 14 nitrogen and oxygen atoms in total. The number of benzene rings is 2. The van der Waals surface area contributed by atoms with Crippen LogP contribution in [-0.4, -0.2) is 95.8 Å². The molecule has 2 aliphatic heterocycles. The van der Waals surface area contributed by atoms with E-state index in [4.69, 9.17) is 24.2 Å². The van der Waals surface area contributed by atoms with Crippen LogP contribution in [0.25, 0.3) is 21.6 Å². The van der Waals surface area contributed by atoms with Crippen molar-refractivity contribution < 1.29 is 37.0 Å². The van der Waals surface area contributed by atoms with E-state index >= 15 is 0 Å². The Morgan fingerprint density at radius 1 is 1.03 bits per heavy atom. The number of carbonyl (C=O) groups excluding carboxylic acids is 3. The van der Waals surface area contributed by atoms with Gasteiger partial charge in [0.25, 0.3) is 5.91 Å². The summed E-state index contributed by atoms with van der Waals surface area (Å²) < 4.78 is 45.5. The van der Waals surface area contributed by atoms with Crippen LogP contribution in [0.2, 0.25) is 0 Å². The predicted octanol–water partition coefficient (Wildman–Crippen LogP) is 6.56. The van der Waals surface area contributed by atoms with Gasteiger partial charge in [-0.1, -0.05) is 38.1 Å². The lowest BCUT2D eigenvalue weighted by atomic mass is 10.1. The number of carbonyl (C=O) groups is 3. The lowest BCUT2D eigenvalue weighted by Gasteiger charge is -2.32. The van der Waals surface area contributed by atoms with Crippen molar-refractivity contribution in [1.82, 2.24) is 29.8 Å². The van der Waals surface area contributed by atoms with Gasteiger partial charge in [0.15, 0.2) is 0 Å². The number of thiazole rings is 1. The molecule has 2 aromatic carbocycles. The highest BCUT2D eigenvalue weighted by molar-refractivity contribution is 7.91. The summed E-state index contributed by atoms with van der Waals surface area (Å²) in [5.74, 6) is 0.357. The normalized spacial score (nSPS) is 24.5. The maximum absolute atomic E-state index is 14.8. The Bertz CT molecular complexity index is 2430. The maximum Gasteiger partial charge on any atom is 0.321 e. The van der Waals surface area contributed by atoms with Crippen molar-refractivity contribution in [3.63, 3.8) is 0 Å². The van der Waals surface area contributed by atoms with Gasteiger partial charge < -0.3 is 29.3 Å². The van der Waals surface area contributed by atoms with E-state index in [0.29, 0.717) is 67.2 Å². The first-order chi connectivity index (χ1) is 28.7. The number of aromatic nitrogens is 2. The fraction of sp³-hybridized carbons (Fsp3) is 0.477. The first-order valence-corrected chi connectivity index (χ1v) is 22.9. The van der Waals surface area contributed by atoms with Gasteiger partial charge in [-0.25, -0.2) is 23.2 Å². The fourth-order valence-corrected chi connectivity index (χ4v) is 10.2. The number of sulfonamides is 1. The van der Waals surface area contributed by atoms with Crippen molar-refractivity contribution in [3.05, 3.63) is 77.3 Å². The Kier molecular flexibility index (Phi) is 11.3. The van der Waals surface area contributed by atoms with Crippen LogP contribution in [0, 0.1) is 5.92 Å². The summed E-state index contributed by atoms with van der Waals surface area (Å²) in [5.41, 5.74) is 1.63. The molecule has 16 heteroatoms. The minimum atomic E-state index is -3.98. The third-order valence-corrected chi connectivity index (χ3v) is 15.3. The highest BCUT2D eigenvalue weighted by atomic mass is 32.2. The topological polar surface area (TPSA) is 169 Å². The van der Waals surface area contributed by atoms with E-state index < -0.39 is 50.2 Å². The first kappa shape index (κ1) is 41.5. The fourth-order valence-electron chi connectivity index (χ4n) is 7.97. The van der Waals surface area contributed by atoms with Gasteiger partial charge in [0, 0.05) is 48.3 Å². The molecular formula is C44H52N6O8S2. The molecule has 2 aliphatic carbocycles. The number of rotatable bonds is 11. The van der Waals surface area contributed by atoms with Gasteiger partial charge in [-0.15, -0.1) is 11.3 Å². The lowest BCUT2D eigenvalue weighted by Crippen LogP contribution is -2.58. The van der Waals surface area contributed by atoms with E-state index in [9.17, 15) is 22.8 Å².